The van der Waals surface area contributed by atoms with Gasteiger partial charge in [0.1, 0.15) is 0 Å². The summed E-state index contributed by atoms with van der Waals surface area (Å²) >= 11 is 0. The molecule has 0 radical (unpaired) electrons. The van der Waals surface area contributed by atoms with E-state index in [4.69, 9.17) is 0 Å². The van der Waals surface area contributed by atoms with Gasteiger partial charge in [-0.3, -0.25) is 9.59 Å². The van der Waals surface area contributed by atoms with Crippen LogP contribution in [0.3, 0.4) is 0 Å². The van der Waals surface area contributed by atoms with Gasteiger partial charge in [-0.05, 0) is 30.7 Å². The molecule has 0 spiro atoms. The summed E-state index contributed by atoms with van der Waals surface area (Å²) in [5.41, 5.74) is 2.14. The van der Waals surface area contributed by atoms with E-state index in [2.05, 4.69) is 5.32 Å². The molecule has 0 unspecified atom stereocenters. The summed E-state index contributed by atoms with van der Waals surface area (Å²) in [4.78, 5) is 23.1. The molecule has 2 aromatic carbocycles. The quantitative estimate of drug-likeness (QED) is 0.899. The molecule has 2 rings (SSSR count). The lowest BCUT2D eigenvalue weighted by atomic mass is 10.1. The maximum Gasteiger partial charge on any atom is 0.471 e. The molecule has 0 aliphatic heterocycles. The summed E-state index contributed by atoms with van der Waals surface area (Å²) in [6.45, 7) is 1.54. The Bertz CT molecular complexity index is 740. The largest absolute Gasteiger partial charge is 0.471 e. The number of carbonyl (C=O) groups is 2. The van der Waals surface area contributed by atoms with E-state index in [1.807, 2.05) is 6.92 Å². The number of aryl methyl sites for hydroxylation is 1. The molecule has 0 aliphatic carbocycles. The van der Waals surface area contributed by atoms with Gasteiger partial charge >= 0.3 is 12.1 Å². The van der Waals surface area contributed by atoms with Crippen molar-refractivity contribution in [3.8, 4) is 0 Å². The Kier molecular flexibility index (Phi) is 5.23. The van der Waals surface area contributed by atoms with Crippen molar-refractivity contribution < 1.29 is 22.8 Å². The fourth-order valence-electron chi connectivity index (χ4n) is 1.97. The van der Waals surface area contributed by atoms with Crippen LogP contribution in [0.1, 0.15) is 21.5 Å². The zero-order valence-electron chi connectivity index (χ0n) is 12.8. The molecule has 4 nitrogen and oxygen atoms in total. The minimum absolute atomic E-state index is 0.338. The van der Waals surface area contributed by atoms with Crippen molar-refractivity contribution in [1.29, 1.82) is 0 Å². The number of carbonyl (C=O) groups excluding carboxylic acids is 2. The summed E-state index contributed by atoms with van der Waals surface area (Å²) in [7, 11) is 0. The number of alkyl halides is 3. The predicted molar refractivity (Wildman–Crippen MR) is 83.5 cm³/mol. The van der Waals surface area contributed by atoms with Gasteiger partial charge in [0.2, 0.25) is 0 Å². The minimum Gasteiger partial charge on any atom is -0.344 e. The van der Waals surface area contributed by atoms with Crippen LogP contribution in [-0.4, -0.2) is 18.0 Å². The van der Waals surface area contributed by atoms with Crippen LogP contribution in [-0.2, 0) is 11.3 Å². The van der Waals surface area contributed by atoms with Crippen molar-refractivity contribution in [2.75, 3.05) is 5.32 Å². The van der Waals surface area contributed by atoms with E-state index in [0.29, 0.717) is 16.8 Å². The first-order valence-corrected chi connectivity index (χ1v) is 7.08. The number of amides is 2. The molecule has 2 aromatic rings. The second-order valence-electron chi connectivity index (χ2n) is 5.16. The van der Waals surface area contributed by atoms with Crippen LogP contribution in [0, 0.1) is 6.92 Å². The monoisotopic (exact) mass is 336 g/mol. The molecular formula is C17H15F3N2O2. The van der Waals surface area contributed by atoms with Gasteiger partial charge in [0.15, 0.2) is 0 Å². The number of hydrogen-bond acceptors (Lipinski definition) is 2. The van der Waals surface area contributed by atoms with Gasteiger partial charge in [-0.15, -0.1) is 0 Å². The normalized spacial score (nSPS) is 11.0. The first kappa shape index (κ1) is 17.5. The first-order chi connectivity index (χ1) is 11.3. The molecule has 0 aliphatic rings. The lowest BCUT2D eigenvalue weighted by molar-refractivity contribution is -0.173. The van der Waals surface area contributed by atoms with E-state index in [1.54, 1.807) is 47.8 Å². The van der Waals surface area contributed by atoms with Gasteiger partial charge < -0.3 is 10.6 Å². The van der Waals surface area contributed by atoms with Crippen molar-refractivity contribution in [1.82, 2.24) is 5.32 Å². The van der Waals surface area contributed by atoms with Crippen LogP contribution in [0.5, 0.6) is 0 Å². The maximum absolute atomic E-state index is 12.2. The Labute approximate surface area is 136 Å². The summed E-state index contributed by atoms with van der Waals surface area (Å²) in [6, 6.07) is 13.2. The van der Waals surface area contributed by atoms with Crippen LogP contribution in [0.15, 0.2) is 48.5 Å². The number of benzene rings is 2. The Hall–Kier alpha value is -2.83. The molecule has 2 N–H and O–H groups in total. The summed E-state index contributed by atoms with van der Waals surface area (Å²) in [6.07, 6.45) is -4.94. The molecule has 0 heterocycles. The highest BCUT2D eigenvalue weighted by atomic mass is 19.4. The molecule has 0 aromatic heterocycles. The lowest BCUT2D eigenvalue weighted by Crippen LogP contribution is -2.36. The van der Waals surface area contributed by atoms with Crippen molar-refractivity contribution in [2.45, 2.75) is 19.6 Å². The van der Waals surface area contributed by atoms with Crippen LogP contribution in [0.2, 0.25) is 0 Å². The molecule has 7 heteroatoms. The average molecular weight is 336 g/mol. The van der Waals surface area contributed by atoms with E-state index in [9.17, 15) is 22.8 Å². The highest BCUT2D eigenvalue weighted by Gasteiger charge is 2.38. The summed E-state index contributed by atoms with van der Waals surface area (Å²) in [5, 5.41) is 4.42. The van der Waals surface area contributed by atoms with Crippen LogP contribution in [0.4, 0.5) is 18.9 Å². The van der Waals surface area contributed by atoms with Crippen LogP contribution < -0.4 is 10.6 Å². The van der Waals surface area contributed by atoms with Gasteiger partial charge in [0.05, 0.1) is 0 Å². The number of nitrogens with one attached hydrogen (secondary N) is 2. The van der Waals surface area contributed by atoms with Gasteiger partial charge in [-0.1, -0.05) is 35.9 Å². The van der Waals surface area contributed by atoms with E-state index in [-0.39, 0.29) is 12.5 Å². The molecule has 0 bridgehead atoms. The number of para-hydroxylation sites is 1. The zero-order chi connectivity index (χ0) is 17.7. The third-order valence-corrected chi connectivity index (χ3v) is 3.28. The van der Waals surface area contributed by atoms with E-state index in [1.165, 1.54) is 6.07 Å². The number of rotatable bonds is 4. The highest BCUT2D eigenvalue weighted by molar-refractivity contribution is 6.04. The standard InChI is InChI=1S/C17H15F3N2O2/c1-11-6-8-12(9-7-11)15(23)22-14-5-3-2-4-13(14)10-21-16(24)17(18,19)20/h2-9H,10H2,1H3,(H,21,24)(H,22,23). The third-order valence-electron chi connectivity index (χ3n) is 3.28. The summed E-state index contributed by atoms with van der Waals surface area (Å²) < 4.78 is 36.7. The Morgan fingerprint density at radius 1 is 1.00 bits per heavy atom. The second kappa shape index (κ2) is 7.16. The van der Waals surface area contributed by atoms with Crippen molar-refractivity contribution in [3.63, 3.8) is 0 Å². The van der Waals surface area contributed by atoms with Crippen molar-refractivity contribution >= 4 is 17.5 Å². The van der Waals surface area contributed by atoms with Gasteiger partial charge in [-0.2, -0.15) is 13.2 Å². The molecule has 24 heavy (non-hydrogen) atoms. The fraction of sp³-hybridized carbons (Fsp3) is 0.176. The van der Waals surface area contributed by atoms with Gasteiger partial charge in [-0.25, -0.2) is 0 Å². The molecule has 0 saturated carbocycles. The topological polar surface area (TPSA) is 58.2 Å². The maximum atomic E-state index is 12.2. The molecule has 0 atom stereocenters. The summed E-state index contributed by atoms with van der Waals surface area (Å²) in [5.74, 6) is -2.41. The van der Waals surface area contributed by atoms with E-state index >= 15 is 0 Å². The highest BCUT2D eigenvalue weighted by Crippen LogP contribution is 2.18. The molecule has 2 amide bonds. The first-order valence-electron chi connectivity index (χ1n) is 7.08. The third kappa shape index (κ3) is 4.58. The molecular weight excluding hydrogens is 321 g/mol. The van der Waals surface area contributed by atoms with E-state index < -0.39 is 12.1 Å². The predicted octanol–water partition coefficient (Wildman–Crippen LogP) is 3.43. The Morgan fingerprint density at radius 2 is 1.62 bits per heavy atom. The minimum atomic E-state index is -4.94. The smallest absolute Gasteiger partial charge is 0.344 e. The van der Waals surface area contributed by atoms with Gasteiger partial charge in [0, 0.05) is 17.8 Å². The lowest BCUT2D eigenvalue weighted by Gasteiger charge is -2.13. The molecule has 0 saturated heterocycles. The fourth-order valence-corrected chi connectivity index (χ4v) is 1.97. The zero-order valence-corrected chi connectivity index (χ0v) is 12.8. The molecule has 0 fully saturated rings. The van der Waals surface area contributed by atoms with E-state index in [0.717, 1.165) is 5.56 Å². The molecule has 126 valence electrons. The van der Waals surface area contributed by atoms with Crippen molar-refractivity contribution in [3.05, 3.63) is 65.2 Å². The van der Waals surface area contributed by atoms with Gasteiger partial charge in [0.25, 0.3) is 5.91 Å². The van der Waals surface area contributed by atoms with Crippen LogP contribution >= 0.6 is 0 Å². The number of halogens is 3. The average Bonchev–Trinajstić information content (AvgIpc) is 2.53. The Morgan fingerprint density at radius 3 is 2.25 bits per heavy atom. The number of anilines is 1. The van der Waals surface area contributed by atoms with Crippen molar-refractivity contribution in [2.24, 2.45) is 0 Å². The SMILES string of the molecule is Cc1ccc(C(=O)Nc2ccccc2CNC(=O)C(F)(F)F)cc1. The Balaban J connectivity index is 2.10. The number of hydrogen-bond donors (Lipinski definition) is 2. The second-order valence-corrected chi connectivity index (χ2v) is 5.16. The van der Waals surface area contributed by atoms with Crippen LogP contribution in [0.25, 0.3) is 0 Å².